The Morgan fingerprint density at radius 3 is 2.71 bits per heavy atom. The van der Waals surface area contributed by atoms with Gasteiger partial charge in [-0.05, 0) is 23.8 Å². The quantitative estimate of drug-likeness (QED) is 0.376. The minimum absolute atomic E-state index is 0.00697. The number of carboxylic acid groups (broad SMARTS) is 1. The predicted molar refractivity (Wildman–Crippen MR) is 101 cm³/mol. The summed E-state index contributed by atoms with van der Waals surface area (Å²) in [6.45, 7) is 0. The molecule has 0 aliphatic heterocycles. The van der Waals surface area contributed by atoms with Crippen LogP contribution in [0.1, 0.15) is 27.5 Å². The summed E-state index contributed by atoms with van der Waals surface area (Å²) in [5, 5.41) is 29.8. The molecule has 0 aliphatic carbocycles. The van der Waals surface area contributed by atoms with E-state index in [1.54, 1.807) is 30.3 Å². The van der Waals surface area contributed by atoms with Gasteiger partial charge in [0.05, 0.1) is 22.4 Å². The molecule has 3 aromatic rings. The zero-order chi connectivity index (χ0) is 20.1. The lowest BCUT2D eigenvalue weighted by molar-refractivity contribution is -0.384. The number of aromatic carboxylic acids is 1. The molecule has 0 saturated carbocycles. The molecule has 0 aliphatic rings. The number of carbonyl (C=O) groups is 1. The highest BCUT2D eigenvalue weighted by molar-refractivity contribution is 5.95. The van der Waals surface area contributed by atoms with Gasteiger partial charge in [0.2, 0.25) is 5.89 Å². The van der Waals surface area contributed by atoms with Crippen molar-refractivity contribution in [1.29, 1.82) is 0 Å². The Morgan fingerprint density at radius 2 is 1.96 bits per heavy atom. The molecule has 2 N–H and O–H groups in total. The molecule has 0 bridgehead atoms. The number of oxazole rings is 1. The average Bonchev–Trinajstić information content (AvgIpc) is 3.04. The fourth-order valence-electron chi connectivity index (χ4n) is 2.30. The average molecular weight is 379 g/mol. The summed E-state index contributed by atoms with van der Waals surface area (Å²) in [5.41, 5.74) is 0.720. The highest BCUT2D eigenvalue weighted by atomic mass is 16.6. The van der Waals surface area contributed by atoms with E-state index in [0.717, 1.165) is 0 Å². The van der Waals surface area contributed by atoms with Crippen molar-refractivity contribution in [3.63, 3.8) is 0 Å². The van der Waals surface area contributed by atoms with Gasteiger partial charge >= 0.3 is 11.9 Å². The van der Waals surface area contributed by atoms with Gasteiger partial charge in [0.15, 0.2) is 5.69 Å². The van der Waals surface area contributed by atoms with Crippen LogP contribution in [0.25, 0.3) is 12.2 Å². The van der Waals surface area contributed by atoms with E-state index in [9.17, 15) is 20.0 Å². The maximum atomic E-state index is 11.2. The molecule has 1 heterocycles. The molecule has 9 nitrogen and oxygen atoms in total. The van der Waals surface area contributed by atoms with Crippen molar-refractivity contribution in [2.75, 3.05) is 0 Å². The van der Waals surface area contributed by atoms with Crippen LogP contribution in [0.15, 0.2) is 57.9 Å². The van der Waals surface area contributed by atoms with Crippen molar-refractivity contribution in [2.45, 2.75) is 0 Å². The van der Waals surface area contributed by atoms with Gasteiger partial charge in [0, 0.05) is 18.2 Å². The summed E-state index contributed by atoms with van der Waals surface area (Å²) >= 11 is 0. The zero-order valence-corrected chi connectivity index (χ0v) is 14.2. The molecular weight excluding hydrogens is 366 g/mol. The lowest BCUT2D eigenvalue weighted by atomic mass is 10.2. The Labute approximate surface area is 158 Å². The number of hydrogen-bond donors (Lipinski definition) is 2. The summed E-state index contributed by atoms with van der Waals surface area (Å²) in [5.74, 6) is -1.56. The van der Waals surface area contributed by atoms with Crippen molar-refractivity contribution in [1.82, 2.24) is 4.98 Å². The summed E-state index contributed by atoms with van der Waals surface area (Å²) < 4.78 is 5.10. The first-order chi connectivity index (χ1) is 13.4. The molecule has 0 radical (unpaired) electrons. The molecule has 28 heavy (non-hydrogen) atoms. The van der Waals surface area contributed by atoms with Crippen LogP contribution in [0, 0.1) is 10.1 Å². The molecule has 140 valence electrons. The smallest absolute Gasteiger partial charge is 0.337 e. The number of hydrogen-bond acceptors (Lipinski definition) is 7. The number of nitrogens with zero attached hydrogens (tertiary/aromatic N) is 3. The molecule has 0 atom stereocenters. The summed E-state index contributed by atoms with van der Waals surface area (Å²) in [6, 6.07) is 12.1. The molecule has 0 spiro atoms. The van der Waals surface area contributed by atoms with Gasteiger partial charge in [-0.15, -0.1) is 0 Å². The Bertz CT molecular complexity index is 1100. The standard InChI is InChI=1S/C19H13N3O6/c23-18(24)14-6-1-2-7-15(14)20-11-16-19(25)28-17(21-16)9-8-12-4-3-5-13(10-12)22(26)27/h1-11,25H,(H,23,24). The highest BCUT2D eigenvalue weighted by Crippen LogP contribution is 2.22. The Kier molecular flexibility index (Phi) is 5.26. The van der Waals surface area contributed by atoms with Crippen LogP contribution in [0.3, 0.4) is 0 Å². The third kappa shape index (κ3) is 4.28. The monoisotopic (exact) mass is 379 g/mol. The van der Waals surface area contributed by atoms with Crippen LogP contribution in [-0.2, 0) is 0 Å². The number of nitro benzene ring substituents is 1. The molecule has 3 rings (SSSR count). The van der Waals surface area contributed by atoms with Gasteiger partial charge < -0.3 is 14.6 Å². The number of non-ortho nitro benzene ring substituents is 1. The van der Waals surface area contributed by atoms with Gasteiger partial charge in [0.1, 0.15) is 0 Å². The van der Waals surface area contributed by atoms with E-state index < -0.39 is 16.8 Å². The predicted octanol–water partition coefficient (Wildman–Crippen LogP) is 3.91. The first-order valence-corrected chi connectivity index (χ1v) is 7.93. The Balaban J connectivity index is 1.81. The zero-order valence-electron chi connectivity index (χ0n) is 14.2. The second-order valence-electron chi connectivity index (χ2n) is 5.51. The SMILES string of the molecule is O=C(O)c1ccccc1N=Cc1nc(C=Cc2cccc([N+](=O)[O-])c2)oc1O. The van der Waals surface area contributed by atoms with Gasteiger partial charge in [0.25, 0.3) is 5.69 Å². The van der Waals surface area contributed by atoms with Crippen molar-refractivity contribution in [3.8, 4) is 5.95 Å². The molecular formula is C19H13N3O6. The first kappa shape index (κ1) is 18.5. The van der Waals surface area contributed by atoms with Crippen molar-refractivity contribution < 1.29 is 24.3 Å². The first-order valence-electron chi connectivity index (χ1n) is 7.93. The van der Waals surface area contributed by atoms with Crippen molar-refractivity contribution in [3.05, 3.63) is 81.4 Å². The highest BCUT2D eigenvalue weighted by Gasteiger charge is 2.11. The van der Waals surface area contributed by atoms with E-state index in [1.165, 1.54) is 36.6 Å². The number of aliphatic imine (C=N–C) groups is 1. The van der Waals surface area contributed by atoms with Gasteiger partial charge in [-0.1, -0.05) is 24.3 Å². The van der Waals surface area contributed by atoms with E-state index >= 15 is 0 Å². The van der Waals surface area contributed by atoms with E-state index in [2.05, 4.69) is 9.98 Å². The van der Waals surface area contributed by atoms with E-state index in [1.807, 2.05) is 0 Å². The third-order valence-corrected chi connectivity index (χ3v) is 3.61. The van der Waals surface area contributed by atoms with Gasteiger partial charge in [-0.2, -0.15) is 0 Å². The molecule has 0 amide bonds. The maximum absolute atomic E-state index is 11.2. The van der Waals surface area contributed by atoms with Crippen LogP contribution in [0.5, 0.6) is 5.95 Å². The fourth-order valence-corrected chi connectivity index (χ4v) is 2.30. The van der Waals surface area contributed by atoms with E-state index in [-0.39, 0.29) is 28.5 Å². The lowest BCUT2D eigenvalue weighted by Crippen LogP contribution is -1.96. The second-order valence-corrected chi connectivity index (χ2v) is 5.51. The van der Waals surface area contributed by atoms with E-state index in [0.29, 0.717) is 5.56 Å². The Morgan fingerprint density at radius 1 is 1.18 bits per heavy atom. The van der Waals surface area contributed by atoms with Crippen LogP contribution in [0.2, 0.25) is 0 Å². The summed E-state index contributed by atoms with van der Waals surface area (Å²) in [6.07, 6.45) is 4.16. The molecule has 9 heteroatoms. The molecule has 2 aromatic carbocycles. The topological polar surface area (TPSA) is 139 Å². The number of aromatic nitrogens is 1. The number of aromatic hydroxyl groups is 1. The Hall–Kier alpha value is -4.27. The minimum atomic E-state index is -1.13. The minimum Gasteiger partial charge on any atom is -0.479 e. The fraction of sp³-hybridized carbons (Fsp3) is 0. The summed E-state index contributed by atoms with van der Waals surface area (Å²) in [4.78, 5) is 29.5. The van der Waals surface area contributed by atoms with Gasteiger partial charge in [-0.3, -0.25) is 15.1 Å². The normalized spacial score (nSPS) is 11.3. The third-order valence-electron chi connectivity index (χ3n) is 3.61. The van der Waals surface area contributed by atoms with Crippen LogP contribution in [0.4, 0.5) is 11.4 Å². The van der Waals surface area contributed by atoms with Crippen LogP contribution >= 0.6 is 0 Å². The molecule has 0 unspecified atom stereocenters. The molecule has 1 aromatic heterocycles. The number of benzene rings is 2. The van der Waals surface area contributed by atoms with Crippen LogP contribution in [-0.4, -0.2) is 32.3 Å². The number of nitro groups is 1. The number of para-hydroxylation sites is 1. The van der Waals surface area contributed by atoms with Crippen molar-refractivity contribution >= 4 is 35.7 Å². The van der Waals surface area contributed by atoms with Crippen molar-refractivity contribution in [2.24, 2.45) is 4.99 Å². The largest absolute Gasteiger partial charge is 0.479 e. The summed E-state index contributed by atoms with van der Waals surface area (Å²) in [7, 11) is 0. The van der Waals surface area contributed by atoms with Gasteiger partial charge in [-0.25, -0.2) is 9.78 Å². The second kappa shape index (κ2) is 7.96. The lowest BCUT2D eigenvalue weighted by Gasteiger charge is -1.98. The maximum Gasteiger partial charge on any atom is 0.337 e. The molecule has 0 saturated heterocycles. The number of rotatable bonds is 6. The number of carboxylic acids is 1. The van der Waals surface area contributed by atoms with Crippen LogP contribution < -0.4 is 0 Å². The molecule has 0 fully saturated rings. The van der Waals surface area contributed by atoms with E-state index in [4.69, 9.17) is 9.52 Å².